The van der Waals surface area contributed by atoms with Crippen LogP contribution in [0.25, 0.3) is 11.4 Å². The molecule has 0 saturated heterocycles. The zero-order chi connectivity index (χ0) is 19.4. The van der Waals surface area contributed by atoms with Gasteiger partial charge in [-0.3, -0.25) is 0 Å². The number of ether oxygens (including phenoxy) is 1. The molecule has 0 N–H and O–H groups in total. The van der Waals surface area contributed by atoms with Crippen molar-refractivity contribution in [1.82, 2.24) is 14.8 Å². The summed E-state index contributed by atoms with van der Waals surface area (Å²) in [7, 11) is 3.22. The molecule has 1 heterocycles. The average molecular weight is 411 g/mol. The molecule has 3 rings (SSSR count). The Kier molecular flexibility index (Phi) is 6.33. The van der Waals surface area contributed by atoms with E-state index in [4.69, 9.17) is 4.74 Å². The van der Waals surface area contributed by atoms with Crippen LogP contribution in [0.4, 0.5) is 13.2 Å². The molecule has 0 atom stereocenters. The summed E-state index contributed by atoms with van der Waals surface area (Å²) in [6.07, 6.45) is 0. The lowest BCUT2D eigenvalue weighted by atomic mass is 10.2. The number of hydrogen-bond acceptors (Lipinski definition) is 5. The number of thioether (sulfide) groups is 2. The molecule has 0 fully saturated rings. The fraction of sp³-hybridized carbons (Fsp3) is 0.222. The second-order valence-corrected chi connectivity index (χ2v) is 7.47. The summed E-state index contributed by atoms with van der Waals surface area (Å²) in [5.41, 5.74) is 1.28. The maximum atomic E-state index is 14.0. The number of aromatic nitrogens is 3. The van der Waals surface area contributed by atoms with E-state index in [1.54, 1.807) is 48.0 Å². The van der Waals surface area contributed by atoms with E-state index < -0.39 is 5.76 Å². The molecule has 27 heavy (non-hydrogen) atoms. The molecule has 0 amide bonds. The first kappa shape index (κ1) is 19.6. The van der Waals surface area contributed by atoms with E-state index in [0.717, 1.165) is 5.56 Å². The van der Waals surface area contributed by atoms with Crippen molar-refractivity contribution in [3.05, 3.63) is 53.8 Å². The van der Waals surface area contributed by atoms with Crippen molar-refractivity contribution in [2.24, 2.45) is 7.05 Å². The number of benzene rings is 2. The summed E-state index contributed by atoms with van der Waals surface area (Å²) in [6, 6.07) is 11.5. The first-order valence-electron chi connectivity index (χ1n) is 7.88. The lowest BCUT2D eigenvalue weighted by molar-refractivity contribution is 0.251. The second-order valence-electron chi connectivity index (χ2n) is 5.50. The molecule has 0 unspecified atom stereocenters. The molecular weight excluding hydrogens is 395 g/mol. The highest BCUT2D eigenvalue weighted by Gasteiger charge is 2.15. The van der Waals surface area contributed by atoms with Crippen molar-refractivity contribution < 1.29 is 17.9 Å². The third-order valence-electron chi connectivity index (χ3n) is 3.76. The monoisotopic (exact) mass is 411 g/mol. The van der Waals surface area contributed by atoms with Gasteiger partial charge in [0.05, 0.1) is 17.6 Å². The first-order valence-corrected chi connectivity index (χ1v) is 9.75. The van der Waals surface area contributed by atoms with Crippen molar-refractivity contribution >= 4 is 23.5 Å². The zero-order valence-corrected chi connectivity index (χ0v) is 16.2. The second kappa shape index (κ2) is 8.71. The van der Waals surface area contributed by atoms with Gasteiger partial charge in [0.2, 0.25) is 0 Å². The van der Waals surface area contributed by atoms with Crippen LogP contribution in [0.5, 0.6) is 5.75 Å². The molecule has 2 aromatic carbocycles. The van der Waals surface area contributed by atoms with Gasteiger partial charge in [0.1, 0.15) is 11.6 Å². The Morgan fingerprint density at radius 3 is 2.63 bits per heavy atom. The van der Waals surface area contributed by atoms with Crippen LogP contribution in [0, 0.1) is 5.82 Å². The van der Waals surface area contributed by atoms with E-state index in [1.165, 1.54) is 24.9 Å². The van der Waals surface area contributed by atoms with Crippen LogP contribution >= 0.6 is 23.5 Å². The summed E-state index contributed by atoms with van der Waals surface area (Å²) in [5.74, 6) is -1.48. The molecule has 0 aliphatic heterocycles. The lowest BCUT2D eigenvalue weighted by Gasteiger charge is -2.10. The van der Waals surface area contributed by atoms with E-state index in [0.29, 0.717) is 44.7 Å². The quantitative estimate of drug-likeness (QED) is 0.498. The van der Waals surface area contributed by atoms with Gasteiger partial charge in [-0.05, 0) is 29.8 Å². The molecule has 1 aromatic heterocycles. The molecule has 0 radical (unpaired) electrons. The molecule has 3 aromatic rings. The Labute approximate surface area is 163 Å². The standard InChI is InChI=1S/C18H16F3N3OS2/c1-24-16(12-5-3-4-6-13(12)19)22-23-18(24)26-10-11-7-8-15(27-17(20)21)14(9-11)25-2/h3-9,17H,10H2,1-2H3. The molecule has 0 spiro atoms. The Morgan fingerprint density at radius 2 is 1.93 bits per heavy atom. The van der Waals surface area contributed by atoms with Crippen molar-refractivity contribution in [2.75, 3.05) is 7.11 Å². The zero-order valence-electron chi connectivity index (χ0n) is 14.5. The minimum absolute atomic E-state index is 0.360. The Hall–Kier alpha value is -2.13. The number of nitrogens with zero attached hydrogens (tertiary/aromatic N) is 3. The maximum absolute atomic E-state index is 14.0. The van der Waals surface area contributed by atoms with E-state index >= 15 is 0 Å². The number of halogens is 3. The van der Waals surface area contributed by atoms with Crippen LogP contribution in [0.15, 0.2) is 52.5 Å². The van der Waals surface area contributed by atoms with Crippen LogP contribution in [-0.4, -0.2) is 27.6 Å². The van der Waals surface area contributed by atoms with Gasteiger partial charge in [-0.1, -0.05) is 41.7 Å². The smallest absolute Gasteiger partial charge is 0.289 e. The van der Waals surface area contributed by atoms with Gasteiger partial charge >= 0.3 is 0 Å². The SMILES string of the molecule is COc1cc(CSc2nnc(-c3ccccc3F)n2C)ccc1SC(F)F. The van der Waals surface area contributed by atoms with Crippen molar-refractivity contribution in [3.63, 3.8) is 0 Å². The van der Waals surface area contributed by atoms with Gasteiger partial charge in [0.25, 0.3) is 5.76 Å². The maximum Gasteiger partial charge on any atom is 0.289 e. The van der Waals surface area contributed by atoms with Crippen LogP contribution in [0.1, 0.15) is 5.56 Å². The highest BCUT2D eigenvalue weighted by molar-refractivity contribution is 7.99. The van der Waals surface area contributed by atoms with Gasteiger partial charge in [-0.25, -0.2) is 4.39 Å². The van der Waals surface area contributed by atoms with E-state index in [-0.39, 0.29) is 5.82 Å². The van der Waals surface area contributed by atoms with Crippen molar-refractivity contribution in [2.45, 2.75) is 21.6 Å². The molecule has 0 aliphatic rings. The van der Waals surface area contributed by atoms with Gasteiger partial charge in [0, 0.05) is 12.8 Å². The summed E-state index contributed by atoms with van der Waals surface area (Å²) in [5, 5.41) is 8.83. The van der Waals surface area contributed by atoms with Gasteiger partial charge in [0.15, 0.2) is 11.0 Å². The molecule has 4 nitrogen and oxygen atoms in total. The Bertz CT molecular complexity index is 934. The summed E-state index contributed by atoms with van der Waals surface area (Å²) in [4.78, 5) is 0.391. The molecule has 142 valence electrons. The third kappa shape index (κ3) is 4.59. The third-order valence-corrected chi connectivity index (χ3v) is 5.62. The Balaban J connectivity index is 1.75. The average Bonchev–Trinajstić information content (AvgIpc) is 3.01. The van der Waals surface area contributed by atoms with Gasteiger partial charge in [-0.15, -0.1) is 10.2 Å². The van der Waals surface area contributed by atoms with Gasteiger partial charge in [-0.2, -0.15) is 8.78 Å². The predicted molar refractivity (Wildman–Crippen MR) is 101 cm³/mol. The van der Waals surface area contributed by atoms with E-state index in [2.05, 4.69) is 10.2 Å². The van der Waals surface area contributed by atoms with Crippen molar-refractivity contribution in [3.8, 4) is 17.1 Å². The van der Waals surface area contributed by atoms with Crippen molar-refractivity contribution in [1.29, 1.82) is 0 Å². The van der Waals surface area contributed by atoms with Crippen LogP contribution in [0.3, 0.4) is 0 Å². The highest BCUT2D eigenvalue weighted by Crippen LogP contribution is 2.35. The minimum Gasteiger partial charge on any atom is -0.496 e. The van der Waals surface area contributed by atoms with E-state index in [1.807, 2.05) is 0 Å². The number of hydrogen-bond donors (Lipinski definition) is 0. The number of rotatable bonds is 7. The molecule has 0 saturated carbocycles. The topological polar surface area (TPSA) is 39.9 Å². The van der Waals surface area contributed by atoms with E-state index in [9.17, 15) is 13.2 Å². The van der Waals surface area contributed by atoms with Crippen LogP contribution < -0.4 is 4.74 Å². The fourth-order valence-electron chi connectivity index (χ4n) is 2.46. The lowest BCUT2D eigenvalue weighted by Crippen LogP contribution is -1.97. The van der Waals surface area contributed by atoms with Crippen LogP contribution in [-0.2, 0) is 12.8 Å². The molecule has 0 bridgehead atoms. The molecular formula is C18H16F3N3OS2. The Morgan fingerprint density at radius 1 is 1.15 bits per heavy atom. The fourth-order valence-corrected chi connectivity index (χ4v) is 3.91. The van der Waals surface area contributed by atoms with Crippen LogP contribution in [0.2, 0.25) is 0 Å². The molecule has 0 aliphatic carbocycles. The van der Waals surface area contributed by atoms with Gasteiger partial charge < -0.3 is 9.30 Å². The first-order chi connectivity index (χ1) is 13.0. The predicted octanol–water partition coefficient (Wildman–Crippen LogP) is 5.24. The highest BCUT2D eigenvalue weighted by atomic mass is 32.2. The summed E-state index contributed by atoms with van der Waals surface area (Å²) in [6.45, 7) is 0. The number of alkyl halides is 2. The minimum atomic E-state index is -2.51. The molecule has 9 heteroatoms. The number of methoxy groups -OCH3 is 1. The largest absolute Gasteiger partial charge is 0.496 e. The summed E-state index contributed by atoms with van der Waals surface area (Å²) < 4.78 is 46.1. The summed E-state index contributed by atoms with van der Waals surface area (Å²) >= 11 is 1.87. The normalized spacial score (nSPS) is 11.2.